The van der Waals surface area contributed by atoms with Gasteiger partial charge in [-0.05, 0) is 24.3 Å². The zero-order chi connectivity index (χ0) is 25.8. The molecular formula is C24H26ClFN4O6. The lowest BCUT2D eigenvalue weighted by Crippen LogP contribution is -2.64. The molecule has 192 valence electrons. The number of rotatable bonds is 5. The van der Waals surface area contributed by atoms with Gasteiger partial charge in [0.25, 0.3) is 0 Å². The zero-order valence-corrected chi connectivity index (χ0v) is 20.0. The Morgan fingerprint density at radius 1 is 1.06 bits per heavy atom. The molecule has 2 aromatic carbocycles. The molecule has 3 atom stereocenters. The number of nitrogens with one attached hydrogen (secondary N) is 1. The number of nitrogens with zero attached hydrogens (tertiary/aromatic N) is 3. The van der Waals surface area contributed by atoms with Crippen LogP contribution in [0.5, 0.6) is 5.75 Å². The Bertz CT molecular complexity index is 1120. The highest BCUT2D eigenvalue weighted by Crippen LogP contribution is 2.31. The average Bonchev–Trinajstić information content (AvgIpc) is 2.90. The standard InChI is InChI=1S/C24H26ClFN4O6/c25-19-13-16(6-7-20(19)26)36-17-12-18(22(31)27-35)21(30(14-17)24(33)34)23(32)29-10-8-28(9-11-29)15-4-2-1-3-5-15/h1-7,13,17-18,21,35H,8-12,14H2,(H,27,31)(H,33,34)/t17-,18-,21-/m0/s1. The van der Waals surface area contributed by atoms with Crippen LogP contribution in [0.3, 0.4) is 0 Å². The van der Waals surface area contributed by atoms with Crippen LogP contribution in [-0.2, 0) is 9.59 Å². The van der Waals surface area contributed by atoms with Gasteiger partial charge in [0, 0.05) is 44.4 Å². The van der Waals surface area contributed by atoms with Gasteiger partial charge in [-0.1, -0.05) is 29.8 Å². The molecule has 10 nitrogen and oxygen atoms in total. The van der Waals surface area contributed by atoms with E-state index in [0.29, 0.717) is 26.2 Å². The number of ether oxygens (including phenoxy) is 1. The minimum Gasteiger partial charge on any atom is -0.489 e. The Morgan fingerprint density at radius 2 is 1.75 bits per heavy atom. The summed E-state index contributed by atoms with van der Waals surface area (Å²) in [4.78, 5) is 42.8. The van der Waals surface area contributed by atoms with E-state index in [1.165, 1.54) is 12.1 Å². The van der Waals surface area contributed by atoms with Crippen LogP contribution in [0.2, 0.25) is 5.02 Å². The van der Waals surface area contributed by atoms with Gasteiger partial charge in [0.05, 0.1) is 17.5 Å². The topological polar surface area (TPSA) is 123 Å². The molecular weight excluding hydrogens is 495 g/mol. The Labute approximate surface area is 211 Å². The van der Waals surface area contributed by atoms with E-state index in [2.05, 4.69) is 4.90 Å². The van der Waals surface area contributed by atoms with Gasteiger partial charge < -0.3 is 19.6 Å². The lowest BCUT2D eigenvalue weighted by Gasteiger charge is -2.44. The summed E-state index contributed by atoms with van der Waals surface area (Å²) in [6, 6.07) is 12.1. The van der Waals surface area contributed by atoms with Crippen molar-refractivity contribution in [2.45, 2.75) is 18.6 Å². The Hall–Kier alpha value is -3.57. The van der Waals surface area contributed by atoms with Crippen molar-refractivity contribution in [3.05, 3.63) is 59.4 Å². The molecule has 2 aliphatic rings. The molecule has 3 amide bonds. The summed E-state index contributed by atoms with van der Waals surface area (Å²) in [5.41, 5.74) is 2.57. The Balaban J connectivity index is 1.51. The number of carbonyl (C=O) groups is 3. The number of amides is 3. The van der Waals surface area contributed by atoms with E-state index >= 15 is 0 Å². The number of para-hydroxylation sites is 1. The fraction of sp³-hybridized carbons (Fsp3) is 0.375. The first kappa shape index (κ1) is 25.5. The summed E-state index contributed by atoms with van der Waals surface area (Å²) >= 11 is 5.80. The second kappa shape index (κ2) is 11.0. The van der Waals surface area contributed by atoms with Crippen LogP contribution < -0.4 is 15.1 Å². The molecule has 3 N–H and O–H groups in total. The average molecular weight is 521 g/mol. The monoisotopic (exact) mass is 520 g/mol. The lowest BCUT2D eigenvalue weighted by atomic mass is 9.86. The van der Waals surface area contributed by atoms with Crippen LogP contribution in [0.25, 0.3) is 0 Å². The van der Waals surface area contributed by atoms with Gasteiger partial charge in [-0.3, -0.25) is 19.7 Å². The maximum Gasteiger partial charge on any atom is 0.408 e. The number of likely N-dealkylation sites (tertiary alicyclic amines) is 1. The third kappa shape index (κ3) is 5.47. The summed E-state index contributed by atoms with van der Waals surface area (Å²) in [6.45, 7) is 1.57. The number of hydrogen-bond acceptors (Lipinski definition) is 6. The molecule has 2 heterocycles. The molecule has 0 spiro atoms. The van der Waals surface area contributed by atoms with Gasteiger partial charge in [-0.25, -0.2) is 14.7 Å². The Morgan fingerprint density at radius 3 is 2.36 bits per heavy atom. The van der Waals surface area contributed by atoms with Crippen LogP contribution in [0.1, 0.15) is 6.42 Å². The number of carboxylic acid groups (broad SMARTS) is 1. The molecule has 0 bridgehead atoms. The van der Waals surface area contributed by atoms with E-state index in [4.69, 9.17) is 16.3 Å². The second-order valence-corrected chi connectivity index (χ2v) is 9.07. The van der Waals surface area contributed by atoms with Crippen LogP contribution in [0.4, 0.5) is 14.9 Å². The fourth-order valence-corrected chi connectivity index (χ4v) is 4.88. The minimum atomic E-state index is -1.41. The highest BCUT2D eigenvalue weighted by Gasteiger charge is 2.48. The van der Waals surface area contributed by atoms with E-state index in [0.717, 1.165) is 16.7 Å². The van der Waals surface area contributed by atoms with Gasteiger partial charge in [0.15, 0.2) is 0 Å². The van der Waals surface area contributed by atoms with E-state index in [-0.39, 0.29) is 23.7 Å². The summed E-state index contributed by atoms with van der Waals surface area (Å²) in [6.07, 6.45) is -2.30. The Kier molecular flexibility index (Phi) is 7.80. The molecule has 12 heteroatoms. The van der Waals surface area contributed by atoms with Gasteiger partial charge in [0.1, 0.15) is 23.7 Å². The van der Waals surface area contributed by atoms with Gasteiger partial charge in [-0.15, -0.1) is 0 Å². The van der Waals surface area contributed by atoms with Crippen molar-refractivity contribution in [3.8, 4) is 5.75 Å². The largest absolute Gasteiger partial charge is 0.489 e. The van der Waals surface area contributed by atoms with E-state index < -0.39 is 41.8 Å². The predicted octanol–water partition coefficient (Wildman–Crippen LogP) is 2.45. The number of hydroxylamine groups is 1. The van der Waals surface area contributed by atoms with Crippen molar-refractivity contribution >= 4 is 35.2 Å². The first-order valence-corrected chi connectivity index (χ1v) is 11.8. The number of carbonyl (C=O) groups excluding carboxylic acids is 2. The molecule has 0 radical (unpaired) electrons. The first-order chi connectivity index (χ1) is 17.3. The maximum absolute atomic E-state index is 13.5. The van der Waals surface area contributed by atoms with E-state index in [1.54, 1.807) is 10.4 Å². The smallest absolute Gasteiger partial charge is 0.408 e. The number of halogens is 2. The molecule has 0 aliphatic carbocycles. The lowest BCUT2D eigenvalue weighted by molar-refractivity contribution is -0.150. The third-order valence-electron chi connectivity index (χ3n) is 6.49. The quantitative estimate of drug-likeness (QED) is 0.409. The highest BCUT2D eigenvalue weighted by atomic mass is 35.5. The van der Waals surface area contributed by atoms with Gasteiger partial charge in [-0.2, -0.15) is 0 Å². The van der Waals surface area contributed by atoms with Crippen molar-refractivity contribution in [3.63, 3.8) is 0 Å². The van der Waals surface area contributed by atoms with Gasteiger partial charge in [0.2, 0.25) is 11.8 Å². The summed E-state index contributed by atoms with van der Waals surface area (Å²) in [7, 11) is 0. The molecule has 2 aromatic rings. The van der Waals surface area contributed by atoms with Crippen molar-refractivity contribution in [2.75, 3.05) is 37.6 Å². The highest BCUT2D eigenvalue weighted by molar-refractivity contribution is 6.30. The zero-order valence-electron chi connectivity index (χ0n) is 19.2. The van der Waals surface area contributed by atoms with Crippen molar-refractivity contribution in [2.24, 2.45) is 5.92 Å². The number of hydrogen-bond donors (Lipinski definition) is 3. The van der Waals surface area contributed by atoms with Gasteiger partial charge >= 0.3 is 6.09 Å². The van der Waals surface area contributed by atoms with Crippen LogP contribution in [0.15, 0.2) is 48.5 Å². The van der Waals surface area contributed by atoms with Crippen molar-refractivity contribution in [1.29, 1.82) is 0 Å². The van der Waals surface area contributed by atoms with E-state index in [1.807, 2.05) is 30.3 Å². The maximum atomic E-state index is 13.5. The predicted molar refractivity (Wildman–Crippen MR) is 128 cm³/mol. The number of piperidine rings is 1. The molecule has 0 unspecified atom stereocenters. The summed E-state index contributed by atoms with van der Waals surface area (Å²) in [5.74, 6) is -3.08. The molecule has 2 saturated heterocycles. The van der Waals surface area contributed by atoms with Crippen molar-refractivity contribution < 1.29 is 33.8 Å². The van der Waals surface area contributed by atoms with Crippen LogP contribution in [-0.4, -0.2) is 82.9 Å². The molecule has 2 aliphatic heterocycles. The molecule has 2 fully saturated rings. The molecule has 0 aromatic heterocycles. The van der Waals surface area contributed by atoms with Crippen LogP contribution >= 0.6 is 11.6 Å². The second-order valence-electron chi connectivity index (χ2n) is 8.66. The first-order valence-electron chi connectivity index (χ1n) is 11.4. The fourth-order valence-electron chi connectivity index (χ4n) is 4.71. The summed E-state index contributed by atoms with van der Waals surface area (Å²) < 4.78 is 19.3. The van der Waals surface area contributed by atoms with Crippen molar-refractivity contribution in [1.82, 2.24) is 15.3 Å². The summed E-state index contributed by atoms with van der Waals surface area (Å²) in [5, 5.41) is 19.1. The molecule has 0 saturated carbocycles. The SMILES string of the molecule is O=C(NO)[C@H]1C[C@H](Oc2ccc(F)c(Cl)c2)CN(C(=O)O)[C@@H]1C(=O)N1CCN(c2ccccc2)CC1. The number of benzene rings is 2. The molecule has 36 heavy (non-hydrogen) atoms. The minimum absolute atomic E-state index is 0.0500. The normalized spacial score (nSPS) is 22.2. The number of piperazine rings is 1. The van der Waals surface area contributed by atoms with E-state index in [9.17, 15) is 29.1 Å². The van der Waals surface area contributed by atoms with Crippen LogP contribution in [0, 0.1) is 11.7 Å². The molecule has 4 rings (SSSR count). The third-order valence-corrected chi connectivity index (χ3v) is 6.78. The number of anilines is 1.